The Morgan fingerprint density at radius 2 is 1.90 bits per heavy atom. The Balaban J connectivity index is 1.77. The minimum atomic E-state index is -0.522. The van der Waals surface area contributed by atoms with E-state index in [0.29, 0.717) is 29.7 Å². The fourth-order valence-corrected chi connectivity index (χ4v) is 4.32. The van der Waals surface area contributed by atoms with Gasteiger partial charge in [0, 0.05) is 22.2 Å². The number of hydrogen-bond donors (Lipinski definition) is 1. The Bertz CT molecular complexity index is 900. The maximum Gasteiger partial charge on any atom is 0.238 e. The molecule has 2 aromatic rings. The highest BCUT2D eigenvalue weighted by molar-refractivity contribution is 14.1. The highest BCUT2D eigenvalue weighted by atomic mass is 127. The van der Waals surface area contributed by atoms with Gasteiger partial charge >= 0.3 is 0 Å². The van der Waals surface area contributed by atoms with Crippen LogP contribution in [0.4, 0.5) is 11.4 Å². The second kappa shape index (κ2) is 10.1. The molecule has 0 spiro atoms. The van der Waals surface area contributed by atoms with E-state index in [0.717, 1.165) is 9.32 Å². The predicted molar refractivity (Wildman–Crippen MR) is 126 cm³/mol. The van der Waals surface area contributed by atoms with Gasteiger partial charge in [0.2, 0.25) is 11.8 Å². The fourth-order valence-electron chi connectivity index (χ4n) is 2.80. The van der Waals surface area contributed by atoms with Gasteiger partial charge in [-0.05, 0) is 85.0 Å². The molecule has 1 unspecified atom stereocenters. The molecule has 0 saturated carbocycles. The molecule has 0 aliphatic carbocycles. The summed E-state index contributed by atoms with van der Waals surface area (Å²) in [5, 5.41) is 2.91. The molecule has 152 valence electrons. The summed E-state index contributed by atoms with van der Waals surface area (Å²) in [7, 11) is 0. The molecule has 1 aliphatic heterocycles. The van der Waals surface area contributed by atoms with Crippen molar-refractivity contribution in [2.45, 2.75) is 25.5 Å². The number of anilines is 1. The van der Waals surface area contributed by atoms with Crippen molar-refractivity contribution in [1.29, 1.82) is 0 Å². The Morgan fingerprint density at radius 3 is 2.52 bits per heavy atom. The Morgan fingerprint density at radius 1 is 1.21 bits per heavy atom. The van der Waals surface area contributed by atoms with Crippen LogP contribution in [-0.4, -0.2) is 40.3 Å². The van der Waals surface area contributed by atoms with Gasteiger partial charge in [-0.3, -0.25) is 14.5 Å². The summed E-state index contributed by atoms with van der Waals surface area (Å²) in [4.78, 5) is 31.6. The molecule has 0 bridgehead atoms. The van der Waals surface area contributed by atoms with E-state index in [1.54, 1.807) is 4.90 Å². The summed E-state index contributed by atoms with van der Waals surface area (Å²) >= 11 is 3.53. The quantitative estimate of drug-likeness (QED) is 0.559. The zero-order valence-electron chi connectivity index (χ0n) is 16.2. The van der Waals surface area contributed by atoms with Crippen LogP contribution >= 0.6 is 34.4 Å². The number of benzene rings is 2. The normalized spacial score (nSPS) is 18.0. The summed E-state index contributed by atoms with van der Waals surface area (Å²) < 4.78 is 6.54. The van der Waals surface area contributed by atoms with Gasteiger partial charge in [0.15, 0.2) is 5.17 Å². The lowest BCUT2D eigenvalue weighted by atomic mass is 10.2. The first-order valence-corrected chi connectivity index (χ1v) is 11.3. The summed E-state index contributed by atoms with van der Waals surface area (Å²) in [5.74, 6) is 0.476. The first kappa shape index (κ1) is 21.6. The van der Waals surface area contributed by atoms with Crippen LogP contribution < -0.4 is 10.1 Å². The average molecular weight is 523 g/mol. The number of nitrogens with one attached hydrogen (secondary N) is 1. The minimum Gasteiger partial charge on any atom is -0.494 e. The third-order valence-electron chi connectivity index (χ3n) is 4.23. The molecule has 0 radical (unpaired) electrons. The highest BCUT2D eigenvalue weighted by Crippen LogP contribution is 2.30. The summed E-state index contributed by atoms with van der Waals surface area (Å²) in [6, 6.07) is 14.9. The Kier molecular flexibility index (Phi) is 7.54. The molecular weight excluding hydrogens is 501 g/mol. The standard InChI is InChI=1S/C21H22IN3O3S/c1-3-25-19(26)13-18(20(27)23-15-7-5-14(22)6-8-15)29-21(25)24-16-9-11-17(12-10-16)28-4-2/h5-12,18H,3-4,13H2,1-2H3,(H,23,27). The van der Waals surface area contributed by atoms with E-state index >= 15 is 0 Å². The third-order valence-corrected chi connectivity index (χ3v) is 6.14. The van der Waals surface area contributed by atoms with Crippen molar-refractivity contribution in [1.82, 2.24) is 4.90 Å². The SMILES string of the molecule is CCOc1ccc(N=C2SC(C(=O)Nc3ccc(I)cc3)CC(=O)N2CC)cc1. The van der Waals surface area contributed by atoms with Gasteiger partial charge in [0.25, 0.3) is 0 Å². The second-order valence-electron chi connectivity index (χ2n) is 6.27. The third kappa shape index (κ3) is 5.72. The maximum atomic E-state index is 12.7. The lowest BCUT2D eigenvalue weighted by molar-refractivity contribution is -0.129. The van der Waals surface area contributed by atoms with Crippen LogP contribution in [0.2, 0.25) is 0 Å². The van der Waals surface area contributed by atoms with Gasteiger partial charge in [0.05, 0.1) is 12.3 Å². The number of aliphatic imine (C=N–C) groups is 1. The van der Waals surface area contributed by atoms with Crippen molar-refractivity contribution >= 4 is 62.7 Å². The van der Waals surface area contributed by atoms with Crippen LogP contribution in [-0.2, 0) is 9.59 Å². The van der Waals surface area contributed by atoms with Gasteiger partial charge < -0.3 is 10.1 Å². The van der Waals surface area contributed by atoms with Gasteiger partial charge in [-0.2, -0.15) is 0 Å². The number of amides is 2. The number of ether oxygens (including phenoxy) is 1. The zero-order valence-corrected chi connectivity index (χ0v) is 19.2. The van der Waals surface area contributed by atoms with E-state index in [1.165, 1.54) is 11.8 Å². The molecule has 2 aromatic carbocycles. The average Bonchev–Trinajstić information content (AvgIpc) is 2.71. The molecule has 2 amide bonds. The lowest BCUT2D eigenvalue weighted by Crippen LogP contribution is -2.45. The van der Waals surface area contributed by atoms with Crippen molar-refractivity contribution in [3.63, 3.8) is 0 Å². The van der Waals surface area contributed by atoms with Crippen LogP contribution in [0.3, 0.4) is 0 Å². The van der Waals surface area contributed by atoms with Crippen LogP contribution in [0.5, 0.6) is 5.75 Å². The summed E-state index contributed by atoms with van der Waals surface area (Å²) in [5.41, 5.74) is 1.42. The maximum absolute atomic E-state index is 12.7. The predicted octanol–water partition coefficient (Wildman–Crippen LogP) is 4.67. The molecule has 1 aliphatic rings. The van der Waals surface area contributed by atoms with Crippen molar-refractivity contribution in [2.24, 2.45) is 4.99 Å². The van der Waals surface area contributed by atoms with Gasteiger partial charge in [0.1, 0.15) is 11.0 Å². The highest BCUT2D eigenvalue weighted by Gasteiger charge is 2.35. The van der Waals surface area contributed by atoms with E-state index < -0.39 is 5.25 Å². The number of amidine groups is 1. The monoisotopic (exact) mass is 523 g/mol. The molecular formula is C21H22IN3O3S. The largest absolute Gasteiger partial charge is 0.494 e. The van der Waals surface area contributed by atoms with Gasteiger partial charge in [-0.15, -0.1) is 0 Å². The molecule has 0 aromatic heterocycles. The minimum absolute atomic E-state index is 0.0984. The first-order valence-electron chi connectivity index (χ1n) is 9.35. The number of nitrogens with zero attached hydrogens (tertiary/aromatic N) is 2. The number of rotatable bonds is 6. The van der Waals surface area contributed by atoms with Gasteiger partial charge in [-0.25, -0.2) is 4.99 Å². The van der Waals surface area contributed by atoms with E-state index in [-0.39, 0.29) is 18.2 Å². The number of thioether (sulfide) groups is 1. The number of hydrogen-bond acceptors (Lipinski definition) is 5. The topological polar surface area (TPSA) is 71.0 Å². The molecule has 1 heterocycles. The van der Waals surface area contributed by atoms with Crippen LogP contribution in [0.1, 0.15) is 20.3 Å². The lowest BCUT2D eigenvalue weighted by Gasteiger charge is -2.30. The number of halogens is 1. The van der Waals surface area contributed by atoms with Crippen LogP contribution in [0.15, 0.2) is 53.5 Å². The van der Waals surface area contributed by atoms with E-state index in [4.69, 9.17) is 4.74 Å². The fraction of sp³-hybridized carbons (Fsp3) is 0.286. The van der Waals surface area contributed by atoms with Crippen molar-refractivity contribution in [3.05, 3.63) is 52.1 Å². The van der Waals surface area contributed by atoms with Crippen molar-refractivity contribution in [3.8, 4) is 5.75 Å². The molecule has 29 heavy (non-hydrogen) atoms. The molecule has 3 rings (SSSR count). The zero-order chi connectivity index (χ0) is 20.8. The molecule has 8 heteroatoms. The summed E-state index contributed by atoms with van der Waals surface area (Å²) in [6.07, 6.45) is 0.150. The van der Waals surface area contributed by atoms with Crippen molar-refractivity contribution < 1.29 is 14.3 Å². The number of carbonyl (C=O) groups excluding carboxylic acids is 2. The van der Waals surface area contributed by atoms with E-state index in [1.807, 2.05) is 62.4 Å². The summed E-state index contributed by atoms with van der Waals surface area (Å²) in [6.45, 7) is 4.93. The molecule has 1 saturated heterocycles. The van der Waals surface area contributed by atoms with Crippen LogP contribution in [0.25, 0.3) is 0 Å². The molecule has 1 N–H and O–H groups in total. The molecule has 6 nitrogen and oxygen atoms in total. The smallest absolute Gasteiger partial charge is 0.238 e. The van der Waals surface area contributed by atoms with E-state index in [9.17, 15) is 9.59 Å². The Labute approximate surface area is 188 Å². The van der Waals surface area contributed by atoms with E-state index in [2.05, 4.69) is 32.9 Å². The number of carbonyl (C=O) groups is 2. The van der Waals surface area contributed by atoms with Crippen LogP contribution in [0, 0.1) is 3.57 Å². The molecule has 1 fully saturated rings. The van der Waals surface area contributed by atoms with Gasteiger partial charge in [-0.1, -0.05) is 11.8 Å². The van der Waals surface area contributed by atoms with Crippen molar-refractivity contribution in [2.75, 3.05) is 18.5 Å². The second-order valence-corrected chi connectivity index (χ2v) is 8.68. The first-order chi connectivity index (χ1) is 14.0. The molecule has 1 atom stereocenters. The Hall–Kier alpha value is -2.07.